The van der Waals surface area contributed by atoms with E-state index in [-0.39, 0.29) is 12.2 Å². The first-order valence-corrected chi connectivity index (χ1v) is 7.17. The maximum atomic E-state index is 11.8. The van der Waals surface area contributed by atoms with Gasteiger partial charge in [0.25, 0.3) is 5.56 Å². The van der Waals surface area contributed by atoms with Gasteiger partial charge < -0.3 is 28.9 Å². The van der Waals surface area contributed by atoms with Crippen molar-refractivity contribution in [2.45, 2.75) is 30.5 Å². The Morgan fingerprint density at radius 3 is 3.32 bits per heavy atom. The molecule has 0 amide bonds. The molecule has 2 unspecified atom stereocenters. The number of methoxy groups -OCH3 is 1. The summed E-state index contributed by atoms with van der Waals surface area (Å²) in [6.07, 6.45) is 1.80. The molecule has 118 valence electrons. The van der Waals surface area contributed by atoms with Gasteiger partial charge in [0.05, 0.1) is 24.9 Å². The highest BCUT2D eigenvalue weighted by atomic mass is 16.6. The van der Waals surface area contributed by atoms with E-state index in [2.05, 4.69) is 9.97 Å². The highest BCUT2D eigenvalue weighted by molar-refractivity contribution is 5.74. The zero-order chi connectivity index (χ0) is 15.3. The minimum atomic E-state index is -0.786. The van der Waals surface area contributed by atoms with E-state index in [0.29, 0.717) is 24.1 Å². The van der Waals surface area contributed by atoms with Crippen LogP contribution in [0.3, 0.4) is 0 Å². The summed E-state index contributed by atoms with van der Waals surface area (Å²) in [7, 11) is 1.58. The van der Waals surface area contributed by atoms with E-state index in [9.17, 15) is 9.90 Å². The molecule has 0 aliphatic carbocycles. The molecule has 4 atom stereocenters. The third kappa shape index (κ3) is 1.78. The summed E-state index contributed by atoms with van der Waals surface area (Å²) in [5.41, 5.74) is -0.484. The summed E-state index contributed by atoms with van der Waals surface area (Å²) < 4.78 is 18.8. The zero-order valence-electron chi connectivity index (χ0n) is 12.1. The van der Waals surface area contributed by atoms with Crippen LogP contribution < -0.4 is 5.56 Å². The van der Waals surface area contributed by atoms with Crippen LogP contribution in [0.15, 0.2) is 23.4 Å². The Kier molecular flexibility index (Phi) is 3.08. The van der Waals surface area contributed by atoms with E-state index in [0.717, 1.165) is 0 Å². The number of fused-ring (bicyclic) bond motifs is 3. The van der Waals surface area contributed by atoms with Gasteiger partial charge in [0, 0.05) is 19.7 Å². The molecule has 8 heteroatoms. The number of nitrogens with zero attached hydrogens (tertiary/aromatic N) is 2. The quantitative estimate of drug-likeness (QED) is 0.814. The lowest BCUT2D eigenvalue weighted by atomic mass is 9.90. The molecule has 2 aromatic rings. The predicted octanol–water partition coefficient (Wildman–Crippen LogP) is -0.212. The Morgan fingerprint density at radius 1 is 1.64 bits per heavy atom. The van der Waals surface area contributed by atoms with Crippen molar-refractivity contribution in [1.29, 1.82) is 0 Å². The first-order valence-electron chi connectivity index (χ1n) is 7.17. The lowest BCUT2D eigenvalue weighted by molar-refractivity contribution is -0.149. The second-order valence-electron chi connectivity index (χ2n) is 5.73. The van der Waals surface area contributed by atoms with Crippen LogP contribution in [0.4, 0.5) is 0 Å². The molecule has 0 spiro atoms. The van der Waals surface area contributed by atoms with Gasteiger partial charge in [0.15, 0.2) is 6.23 Å². The summed E-state index contributed by atoms with van der Waals surface area (Å²) >= 11 is 0. The third-order valence-corrected chi connectivity index (χ3v) is 4.50. The first kappa shape index (κ1) is 13.9. The molecule has 2 aliphatic heterocycles. The van der Waals surface area contributed by atoms with E-state index in [4.69, 9.17) is 14.2 Å². The Hall–Kier alpha value is -1.74. The Balaban J connectivity index is 1.79. The topological polar surface area (TPSA) is 98.6 Å². The van der Waals surface area contributed by atoms with Gasteiger partial charge in [-0.1, -0.05) is 0 Å². The first-order chi connectivity index (χ1) is 10.7. The largest absolute Gasteiger partial charge is 0.387 e. The van der Waals surface area contributed by atoms with Gasteiger partial charge in [0.2, 0.25) is 0 Å². The number of aromatic amines is 1. The van der Waals surface area contributed by atoms with Crippen molar-refractivity contribution in [1.82, 2.24) is 14.5 Å². The number of aromatic nitrogens is 3. The van der Waals surface area contributed by atoms with E-state index in [1.54, 1.807) is 23.9 Å². The average Bonchev–Trinajstić information content (AvgIpc) is 2.97. The summed E-state index contributed by atoms with van der Waals surface area (Å²) in [5, 5.41) is 11.0. The Bertz CT molecular complexity index is 752. The van der Waals surface area contributed by atoms with Crippen LogP contribution in [0.1, 0.15) is 12.6 Å². The van der Waals surface area contributed by atoms with Crippen molar-refractivity contribution in [3.63, 3.8) is 0 Å². The number of hydrogen-bond acceptors (Lipinski definition) is 6. The SMILES string of the molecule is COC[C@]12CCOC(C1O)[C@H](n1ccc3c(=O)[nH]cnc31)O2. The molecule has 8 nitrogen and oxygen atoms in total. The smallest absolute Gasteiger partial charge is 0.260 e. The van der Waals surface area contributed by atoms with Crippen molar-refractivity contribution < 1.29 is 19.3 Å². The van der Waals surface area contributed by atoms with Crippen LogP contribution >= 0.6 is 0 Å². The monoisotopic (exact) mass is 307 g/mol. The third-order valence-electron chi connectivity index (χ3n) is 4.50. The summed E-state index contributed by atoms with van der Waals surface area (Å²) in [6.45, 7) is 0.784. The van der Waals surface area contributed by atoms with Gasteiger partial charge in [-0.15, -0.1) is 0 Å². The highest BCUT2D eigenvalue weighted by Gasteiger charge is 2.58. The van der Waals surface area contributed by atoms with Crippen LogP contribution in [-0.2, 0) is 14.2 Å². The molecule has 4 heterocycles. The molecule has 2 aromatic heterocycles. The van der Waals surface area contributed by atoms with Crippen molar-refractivity contribution in [2.24, 2.45) is 0 Å². The van der Waals surface area contributed by atoms with Gasteiger partial charge in [-0.05, 0) is 6.07 Å². The minimum absolute atomic E-state index is 0.210. The van der Waals surface area contributed by atoms with E-state index in [1.807, 2.05) is 0 Å². The van der Waals surface area contributed by atoms with Gasteiger partial charge >= 0.3 is 0 Å². The molecule has 0 aromatic carbocycles. The van der Waals surface area contributed by atoms with Gasteiger partial charge in [-0.3, -0.25) is 4.79 Å². The van der Waals surface area contributed by atoms with E-state index < -0.39 is 24.0 Å². The number of ether oxygens (including phenoxy) is 3. The van der Waals surface area contributed by atoms with Crippen LogP contribution in [0.25, 0.3) is 11.0 Å². The van der Waals surface area contributed by atoms with Crippen molar-refractivity contribution in [2.75, 3.05) is 20.3 Å². The number of aliphatic hydroxyl groups excluding tert-OH is 1. The number of aliphatic hydroxyl groups is 1. The zero-order valence-corrected chi connectivity index (χ0v) is 12.1. The van der Waals surface area contributed by atoms with Gasteiger partial charge in [-0.2, -0.15) is 0 Å². The Morgan fingerprint density at radius 2 is 2.50 bits per heavy atom. The maximum Gasteiger partial charge on any atom is 0.260 e. The molecule has 22 heavy (non-hydrogen) atoms. The van der Waals surface area contributed by atoms with Crippen molar-refractivity contribution >= 4 is 11.0 Å². The number of H-pyrrole nitrogens is 1. The molecule has 2 bridgehead atoms. The summed E-state index contributed by atoms with van der Waals surface area (Å²) in [5.74, 6) is 0. The van der Waals surface area contributed by atoms with Crippen molar-refractivity contribution in [3.05, 3.63) is 28.9 Å². The number of rotatable bonds is 3. The predicted molar refractivity (Wildman–Crippen MR) is 75.4 cm³/mol. The lowest BCUT2D eigenvalue weighted by Crippen LogP contribution is -2.51. The molecule has 0 radical (unpaired) electrons. The number of nitrogens with one attached hydrogen (secondary N) is 1. The molecule has 4 rings (SSSR count). The van der Waals surface area contributed by atoms with Crippen molar-refractivity contribution in [3.8, 4) is 0 Å². The molecular weight excluding hydrogens is 290 g/mol. The molecule has 0 saturated carbocycles. The molecule has 2 saturated heterocycles. The second kappa shape index (κ2) is 4.88. The summed E-state index contributed by atoms with van der Waals surface area (Å²) in [6, 6.07) is 1.68. The van der Waals surface area contributed by atoms with Crippen LogP contribution in [-0.4, -0.2) is 57.8 Å². The molecule has 2 fully saturated rings. The second-order valence-corrected chi connectivity index (χ2v) is 5.73. The highest BCUT2D eigenvalue weighted by Crippen LogP contribution is 2.45. The van der Waals surface area contributed by atoms with Crippen LogP contribution in [0, 0.1) is 0 Å². The van der Waals surface area contributed by atoms with Gasteiger partial charge in [-0.25, -0.2) is 4.98 Å². The molecule has 2 N–H and O–H groups in total. The molecule has 2 aliphatic rings. The normalized spacial score (nSPS) is 34.4. The minimum Gasteiger partial charge on any atom is -0.387 e. The van der Waals surface area contributed by atoms with E-state index in [1.165, 1.54) is 6.33 Å². The maximum absolute atomic E-state index is 11.8. The van der Waals surface area contributed by atoms with Crippen LogP contribution in [0.2, 0.25) is 0 Å². The average molecular weight is 307 g/mol. The van der Waals surface area contributed by atoms with Crippen LogP contribution in [0.5, 0.6) is 0 Å². The lowest BCUT2D eigenvalue weighted by Gasteiger charge is -2.34. The van der Waals surface area contributed by atoms with Gasteiger partial charge in [0.1, 0.15) is 23.5 Å². The molecular formula is C14H17N3O5. The fourth-order valence-electron chi connectivity index (χ4n) is 3.42. The standard InChI is InChI=1S/C14H17N3O5/c1-20-6-14-3-5-21-9(10(14)18)13(22-14)17-4-2-8-11(17)15-7-16-12(8)19/h2,4,7,9-10,13,18H,3,5-6H2,1H3,(H,15,16,19)/t9?,10?,13-,14-/m1/s1. The Labute approximate surface area is 125 Å². The number of hydrogen-bond donors (Lipinski definition) is 2. The fraction of sp³-hybridized carbons (Fsp3) is 0.571. The summed E-state index contributed by atoms with van der Waals surface area (Å²) in [4.78, 5) is 18.6. The van der Waals surface area contributed by atoms with E-state index >= 15 is 0 Å². The fourth-order valence-corrected chi connectivity index (χ4v) is 3.42.